The third-order valence-electron chi connectivity index (χ3n) is 3.35. The molecule has 0 spiro atoms. The number of nitrogens with zero attached hydrogens (tertiary/aromatic N) is 2. The molecule has 17 heavy (non-hydrogen) atoms. The van der Waals surface area contributed by atoms with Crippen LogP contribution in [0.15, 0.2) is 24.3 Å². The lowest BCUT2D eigenvalue weighted by molar-refractivity contribution is 0.414. The maximum atomic E-state index is 5.55. The molecule has 0 bridgehead atoms. The Morgan fingerprint density at radius 2 is 2.00 bits per heavy atom. The van der Waals surface area contributed by atoms with Crippen molar-refractivity contribution >= 4 is 5.95 Å². The van der Waals surface area contributed by atoms with Crippen molar-refractivity contribution in [3.8, 4) is 5.75 Å². The highest BCUT2D eigenvalue weighted by molar-refractivity contribution is 5.42. The Hall–Kier alpha value is -2.04. The van der Waals surface area contributed by atoms with Crippen LogP contribution in [0.25, 0.3) is 0 Å². The Balaban J connectivity index is 1.97. The van der Waals surface area contributed by atoms with E-state index in [1.807, 2.05) is 12.1 Å². The summed E-state index contributed by atoms with van der Waals surface area (Å²) in [5.74, 6) is 2.03. The van der Waals surface area contributed by atoms with Crippen molar-refractivity contribution in [2.45, 2.75) is 18.3 Å². The van der Waals surface area contributed by atoms with Crippen LogP contribution in [0, 0.1) is 0 Å². The molecule has 1 aliphatic rings. The monoisotopic (exact) mass is 230 g/mol. The Bertz CT molecular complexity index is 528. The molecule has 3 rings (SSSR count). The molecule has 5 nitrogen and oxygen atoms in total. The van der Waals surface area contributed by atoms with Gasteiger partial charge in [-0.1, -0.05) is 12.1 Å². The molecule has 1 heterocycles. The van der Waals surface area contributed by atoms with E-state index in [1.54, 1.807) is 7.11 Å². The fourth-order valence-electron chi connectivity index (χ4n) is 2.19. The number of nitrogen functional groups attached to an aromatic ring is 1. The van der Waals surface area contributed by atoms with Gasteiger partial charge in [-0.3, -0.25) is 5.10 Å². The molecular formula is C12H14N4O. The summed E-state index contributed by atoms with van der Waals surface area (Å²) in [5, 5.41) is 6.82. The van der Waals surface area contributed by atoms with Crippen LogP contribution in [0.2, 0.25) is 0 Å². The quantitative estimate of drug-likeness (QED) is 0.837. The van der Waals surface area contributed by atoms with Crippen molar-refractivity contribution in [3.63, 3.8) is 0 Å². The molecule has 0 atom stereocenters. The van der Waals surface area contributed by atoms with Gasteiger partial charge in [0.25, 0.3) is 0 Å². The summed E-state index contributed by atoms with van der Waals surface area (Å²) in [6.07, 6.45) is 2.15. The van der Waals surface area contributed by atoms with Crippen molar-refractivity contribution in [2.24, 2.45) is 0 Å². The van der Waals surface area contributed by atoms with Gasteiger partial charge in [0.2, 0.25) is 5.95 Å². The summed E-state index contributed by atoms with van der Waals surface area (Å²) < 4.78 is 5.16. The Morgan fingerprint density at radius 3 is 2.47 bits per heavy atom. The molecule has 1 saturated carbocycles. The zero-order valence-corrected chi connectivity index (χ0v) is 9.60. The predicted octanol–water partition coefficient (Wildman–Crippen LogP) is 1.48. The van der Waals surface area contributed by atoms with Gasteiger partial charge in [-0.05, 0) is 30.5 Å². The lowest BCUT2D eigenvalue weighted by Crippen LogP contribution is -2.11. The standard InChI is InChI=1S/C12H14N4O/c1-17-9-4-2-8(3-5-9)12(6-7-12)10-14-11(13)16-15-10/h2-5H,6-7H2,1H3,(H3,13,14,15,16). The molecule has 0 aliphatic heterocycles. The van der Waals surface area contributed by atoms with E-state index in [0.29, 0.717) is 5.95 Å². The van der Waals surface area contributed by atoms with E-state index in [2.05, 4.69) is 27.3 Å². The summed E-state index contributed by atoms with van der Waals surface area (Å²) in [5.41, 5.74) is 6.77. The van der Waals surface area contributed by atoms with Gasteiger partial charge in [-0.25, -0.2) is 0 Å². The fraction of sp³-hybridized carbons (Fsp3) is 0.333. The van der Waals surface area contributed by atoms with Crippen LogP contribution in [0.4, 0.5) is 5.95 Å². The van der Waals surface area contributed by atoms with E-state index < -0.39 is 0 Å². The van der Waals surface area contributed by atoms with Gasteiger partial charge in [-0.15, -0.1) is 5.10 Å². The number of hydrogen-bond donors (Lipinski definition) is 2. The van der Waals surface area contributed by atoms with Gasteiger partial charge < -0.3 is 10.5 Å². The first-order chi connectivity index (χ1) is 8.24. The van der Waals surface area contributed by atoms with Crippen LogP contribution in [0.1, 0.15) is 24.2 Å². The first-order valence-electron chi connectivity index (χ1n) is 5.57. The van der Waals surface area contributed by atoms with Crippen molar-refractivity contribution in [1.29, 1.82) is 0 Å². The minimum absolute atomic E-state index is 0.0170. The molecule has 1 aromatic carbocycles. The molecule has 1 aliphatic carbocycles. The maximum absolute atomic E-state index is 5.55. The van der Waals surface area contributed by atoms with Crippen molar-refractivity contribution < 1.29 is 4.74 Å². The molecular weight excluding hydrogens is 216 g/mol. The SMILES string of the molecule is COc1ccc(C2(c3nc(N)n[nH]3)CC2)cc1. The van der Waals surface area contributed by atoms with E-state index in [9.17, 15) is 0 Å². The van der Waals surface area contributed by atoms with Crippen LogP contribution in [-0.2, 0) is 5.41 Å². The van der Waals surface area contributed by atoms with Gasteiger partial charge in [0, 0.05) is 0 Å². The summed E-state index contributed by atoms with van der Waals surface area (Å²) in [6.45, 7) is 0. The second kappa shape index (κ2) is 3.48. The van der Waals surface area contributed by atoms with Crippen LogP contribution < -0.4 is 10.5 Å². The number of rotatable bonds is 3. The van der Waals surface area contributed by atoms with Gasteiger partial charge in [0.15, 0.2) is 0 Å². The summed E-state index contributed by atoms with van der Waals surface area (Å²) in [4.78, 5) is 4.24. The summed E-state index contributed by atoms with van der Waals surface area (Å²) in [7, 11) is 1.67. The molecule has 3 N–H and O–H groups in total. The third-order valence-corrected chi connectivity index (χ3v) is 3.35. The Labute approximate surface area is 99.0 Å². The number of H-pyrrole nitrogens is 1. The topological polar surface area (TPSA) is 76.8 Å². The summed E-state index contributed by atoms with van der Waals surface area (Å²) >= 11 is 0. The number of nitrogens with one attached hydrogen (secondary N) is 1. The molecule has 5 heteroatoms. The number of methoxy groups -OCH3 is 1. The van der Waals surface area contributed by atoms with E-state index in [-0.39, 0.29) is 5.41 Å². The van der Waals surface area contributed by atoms with Crippen LogP contribution >= 0.6 is 0 Å². The van der Waals surface area contributed by atoms with E-state index >= 15 is 0 Å². The van der Waals surface area contributed by atoms with Gasteiger partial charge in [0.05, 0.1) is 12.5 Å². The van der Waals surface area contributed by atoms with E-state index in [1.165, 1.54) is 5.56 Å². The highest BCUT2D eigenvalue weighted by Crippen LogP contribution is 2.52. The predicted molar refractivity (Wildman–Crippen MR) is 63.8 cm³/mol. The Morgan fingerprint density at radius 1 is 1.29 bits per heavy atom. The zero-order chi connectivity index (χ0) is 11.9. The minimum Gasteiger partial charge on any atom is -0.497 e. The van der Waals surface area contributed by atoms with Gasteiger partial charge >= 0.3 is 0 Å². The smallest absolute Gasteiger partial charge is 0.239 e. The van der Waals surface area contributed by atoms with Crippen molar-refractivity contribution in [2.75, 3.05) is 12.8 Å². The molecule has 1 fully saturated rings. The Kier molecular flexibility index (Phi) is 2.07. The number of nitrogens with two attached hydrogens (primary N) is 1. The van der Waals surface area contributed by atoms with Crippen molar-refractivity contribution in [3.05, 3.63) is 35.7 Å². The highest BCUT2D eigenvalue weighted by atomic mass is 16.5. The number of aromatic amines is 1. The first kappa shape index (κ1) is 10.1. The van der Waals surface area contributed by atoms with Crippen LogP contribution in [0.5, 0.6) is 5.75 Å². The second-order valence-corrected chi connectivity index (χ2v) is 4.35. The average molecular weight is 230 g/mol. The van der Waals surface area contributed by atoms with Crippen molar-refractivity contribution in [1.82, 2.24) is 15.2 Å². The van der Waals surface area contributed by atoms with Gasteiger partial charge in [-0.2, -0.15) is 4.98 Å². The molecule has 0 amide bonds. The third kappa shape index (κ3) is 1.54. The van der Waals surface area contributed by atoms with E-state index in [4.69, 9.17) is 10.5 Å². The number of hydrogen-bond acceptors (Lipinski definition) is 4. The molecule has 1 aromatic heterocycles. The lowest BCUT2D eigenvalue weighted by atomic mass is 9.95. The average Bonchev–Trinajstić information content (AvgIpc) is 3.06. The number of ether oxygens (including phenoxy) is 1. The zero-order valence-electron chi connectivity index (χ0n) is 9.60. The molecule has 0 saturated heterocycles. The molecule has 0 radical (unpaired) electrons. The highest BCUT2D eigenvalue weighted by Gasteiger charge is 2.48. The molecule has 0 unspecified atom stereocenters. The minimum atomic E-state index is -0.0170. The molecule has 88 valence electrons. The molecule has 2 aromatic rings. The van der Waals surface area contributed by atoms with Gasteiger partial charge in [0.1, 0.15) is 11.6 Å². The number of benzene rings is 1. The number of aromatic nitrogens is 3. The summed E-state index contributed by atoms with van der Waals surface area (Å²) in [6, 6.07) is 8.08. The van der Waals surface area contributed by atoms with E-state index in [0.717, 1.165) is 24.4 Å². The van der Waals surface area contributed by atoms with Crippen LogP contribution in [-0.4, -0.2) is 22.3 Å². The normalized spacial score (nSPS) is 16.8. The lowest BCUT2D eigenvalue weighted by Gasteiger charge is -2.12. The number of anilines is 1. The largest absolute Gasteiger partial charge is 0.497 e. The van der Waals surface area contributed by atoms with Crippen LogP contribution in [0.3, 0.4) is 0 Å². The second-order valence-electron chi connectivity index (χ2n) is 4.35. The first-order valence-corrected chi connectivity index (χ1v) is 5.57. The maximum Gasteiger partial charge on any atom is 0.239 e. The fourth-order valence-corrected chi connectivity index (χ4v) is 2.19.